The summed E-state index contributed by atoms with van der Waals surface area (Å²) >= 11 is 1.36. The van der Waals surface area contributed by atoms with Crippen LogP contribution in [0.25, 0.3) is 4.96 Å². The third-order valence-corrected chi connectivity index (χ3v) is 4.01. The number of nitrogens with one attached hydrogen (secondary N) is 1. The summed E-state index contributed by atoms with van der Waals surface area (Å²) in [6.45, 7) is 4.24. The van der Waals surface area contributed by atoms with Crippen LogP contribution in [0.2, 0.25) is 0 Å². The lowest BCUT2D eigenvalue weighted by Gasteiger charge is -2.07. The van der Waals surface area contributed by atoms with Crippen molar-refractivity contribution in [3.05, 3.63) is 51.5 Å². The largest absolute Gasteiger partial charge is 0.373 e. The van der Waals surface area contributed by atoms with Gasteiger partial charge in [0.2, 0.25) is 5.82 Å². The summed E-state index contributed by atoms with van der Waals surface area (Å²) in [5.41, 5.74) is 2.01. The van der Waals surface area contributed by atoms with Crippen LogP contribution in [0.1, 0.15) is 25.3 Å². The van der Waals surface area contributed by atoms with E-state index < -0.39 is 4.92 Å². The number of hydrogen-bond acceptors (Lipinski definition) is 5. The summed E-state index contributed by atoms with van der Waals surface area (Å²) in [4.78, 5) is 15.7. The fourth-order valence-corrected chi connectivity index (χ4v) is 2.83. The molecule has 1 aromatic carbocycles. The molecule has 0 saturated heterocycles. The third-order valence-electron chi connectivity index (χ3n) is 3.25. The van der Waals surface area contributed by atoms with Crippen LogP contribution in [-0.4, -0.2) is 14.3 Å². The molecule has 0 aliphatic rings. The quantitative estimate of drug-likeness (QED) is 0.580. The molecule has 0 spiro atoms. The van der Waals surface area contributed by atoms with E-state index in [1.54, 1.807) is 11.6 Å². The number of rotatable bonds is 4. The van der Waals surface area contributed by atoms with Crippen molar-refractivity contribution in [2.75, 3.05) is 5.32 Å². The standard InChI is InChI=1S/C14H14N4O2S/c1-9(2)10-3-5-11(6-4-10)15-12-13(18(19)20)17-7-8-21-14(17)16-12/h3-9,15H,1-2H3. The van der Waals surface area contributed by atoms with Gasteiger partial charge in [-0.3, -0.25) is 0 Å². The first-order valence-electron chi connectivity index (χ1n) is 6.53. The molecule has 3 rings (SSSR count). The zero-order valence-electron chi connectivity index (χ0n) is 11.6. The fraction of sp³-hybridized carbons (Fsp3) is 0.214. The van der Waals surface area contributed by atoms with Crippen molar-refractivity contribution in [2.24, 2.45) is 0 Å². The Hall–Kier alpha value is -2.41. The van der Waals surface area contributed by atoms with Gasteiger partial charge in [0.1, 0.15) is 6.20 Å². The Kier molecular flexibility index (Phi) is 3.34. The Labute approximate surface area is 125 Å². The van der Waals surface area contributed by atoms with Gasteiger partial charge in [0.05, 0.1) is 0 Å². The number of thiazole rings is 1. The van der Waals surface area contributed by atoms with Crippen LogP contribution in [-0.2, 0) is 0 Å². The lowest BCUT2D eigenvalue weighted by atomic mass is 10.0. The molecule has 0 aliphatic carbocycles. The molecule has 21 heavy (non-hydrogen) atoms. The molecule has 0 bridgehead atoms. The summed E-state index contributed by atoms with van der Waals surface area (Å²) in [6.07, 6.45) is 1.65. The van der Waals surface area contributed by atoms with E-state index >= 15 is 0 Å². The van der Waals surface area contributed by atoms with Gasteiger partial charge in [0, 0.05) is 11.1 Å². The van der Waals surface area contributed by atoms with Crippen LogP contribution in [0, 0.1) is 10.1 Å². The second-order valence-electron chi connectivity index (χ2n) is 5.00. The number of hydrogen-bond donors (Lipinski definition) is 1. The molecule has 3 aromatic rings. The summed E-state index contributed by atoms with van der Waals surface area (Å²) in [5.74, 6) is 0.676. The van der Waals surface area contributed by atoms with Gasteiger partial charge < -0.3 is 15.4 Å². The first kappa shape index (κ1) is 13.6. The highest BCUT2D eigenvalue weighted by Gasteiger charge is 2.23. The number of aromatic nitrogens is 2. The van der Waals surface area contributed by atoms with E-state index in [4.69, 9.17) is 0 Å². The van der Waals surface area contributed by atoms with Crippen molar-refractivity contribution < 1.29 is 4.92 Å². The summed E-state index contributed by atoms with van der Waals surface area (Å²) in [7, 11) is 0. The minimum atomic E-state index is -0.419. The summed E-state index contributed by atoms with van der Waals surface area (Å²) in [6, 6.07) is 7.84. The Balaban J connectivity index is 1.95. The van der Waals surface area contributed by atoms with Crippen LogP contribution in [0.3, 0.4) is 0 Å². The predicted molar refractivity (Wildman–Crippen MR) is 83.5 cm³/mol. The van der Waals surface area contributed by atoms with Gasteiger partial charge in [-0.1, -0.05) is 37.3 Å². The van der Waals surface area contributed by atoms with Crippen LogP contribution in [0.15, 0.2) is 35.8 Å². The van der Waals surface area contributed by atoms with E-state index in [1.165, 1.54) is 21.3 Å². The number of fused-ring (bicyclic) bond motifs is 1. The van der Waals surface area contributed by atoms with E-state index in [0.29, 0.717) is 10.9 Å². The Morgan fingerprint density at radius 2 is 2.05 bits per heavy atom. The van der Waals surface area contributed by atoms with Gasteiger partial charge in [-0.2, -0.15) is 9.38 Å². The molecule has 0 unspecified atom stereocenters. The van der Waals surface area contributed by atoms with Gasteiger partial charge in [-0.05, 0) is 28.5 Å². The Morgan fingerprint density at radius 3 is 2.67 bits per heavy atom. The average Bonchev–Trinajstić information content (AvgIpc) is 2.98. The maximum Gasteiger partial charge on any atom is 0.373 e. The van der Waals surface area contributed by atoms with Crippen LogP contribution in [0.4, 0.5) is 17.3 Å². The van der Waals surface area contributed by atoms with E-state index in [1.807, 2.05) is 24.3 Å². The predicted octanol–water partition coefficient (Wildman–Crippen LogP) is 4.17. The molecule has 2 aromatic heterocycles. The molecule has 0 aliphatic heterocycles. The highest BCUT2D eigenvalue weighted by atomic mass is 32.1. The van der Waals surface area contributed by atoms with Crippen molar-refractivity contribution in [1.82, 2.24) is 9.38 Å². The van der Waals surface area contributed by atoms with Gasteiger partial charge in [-0.25, -0.2) is 0 Å². The maximum atomic E-state index is 11.2. The zero-order valence-corrected chi connectivity index (χ0v) is 12.4. The number of anilines is 2. The topological polar surface area (TPSA) is 72.5 Å². The summed E-state index contributed by atoms with van der Waals surface area (Å²) in [5, 5.41) is 16.0. The molecule has 7 heteroatoms. The van der Waals surface area contributed by atoms with Gasteiger partial charge in [0.15, 0.2) is 0 Å². The monoisotopic (exact) mass is 302 g/mol. The first-order chi connectivity index (χ1) is 10.1. The van der Waals surface area contributed by atoms with Crippen molar-refractivity contribution in [1.29, 1.82) is 0 Å². The Bertz CT molecular complexity index is 789. The van der Waals surface area contributed by atoms with E-state index in [9.17, 15) is 10.1 Å². The lowest BCUT2D eigenvalue weighted by molar-refractivity contribution is -0.389. The molecular formula is C14H14N4O2S. The molecule has 2 heterocycles. The highest BCUT2D eigenvalue weighted by molar-refractivity contribution is 7.15. The highest BCUT2D eigenvalue weighted by Crippen LogP contribution is 2.30. The SMILES string of the molecule is CC(C)c1ccc(Nc2nc3sccn3c2[N+](=O)[O-])cc1. The molecule has 0 saturated carbocycles. The van der Waals surface area contributed by atoms with Crippen molar-refractivity contribution in [3.8, 4) is 0 Å². The molecule has 0 atom stereocenters. The second kappa shape index (κ2) is 5.17. The van der Waals surface area contributed by atoms with Crippen LogP contribution >= 0.6 is 11.3 Å². The molecular weight excluding hydrogens is 288 g/mol. The van der Waals surface area contributed by atoms with E-state index in [2.05, 4.69) is 24.1 Å². The second-order valence-corrected chi connectivity index (χ2v) is 5.87. The van der Waals surface area contributed by atoms with Crippen molar-refractivity contribution >= 4 is 33.6 Å². The van der Waals surface area contributed by atoms with E-state index in [0.717, 1.165) is 5.69 Å². The summed E-state index contributed by atoms with van der Waals surface area (Å²) < 4.78 is 1.48. The molecule has 6 nitrogen and oxygen atoms in total. The van der Waals surface area contributed by atoms with E-state index in [-0.39, 0.29) is 11.6 Å². The van der Waals surface area contributed by atoms with Crippen LogP contribution in [0.5, 0.6) is 0 Å². The maximum absolute atomic E-state index is 11.2. The normalized spacial score (nSPS) is 11.2. The molecule has 1 N–H and O–H groups in total. The molecule has 0 amide bonds. The molecule has 0 radical (unpaired) electrons. The van der Waals surface area contributed by atoms with Crippen molar-refractivity contribution in [2.45, 2.75) is 19.8 Å². The van der Waals surface area contributed by atoms with Gasteiger partial charge >= 0.3 is 5.82 Å². The first-order valence-corrected chi connectivity index (χ1v) is 7.41. The minimum absolute atomic E-state index is 0.0424. The molecule has 108 valence electrons. The third kappa shape index (κ3) is 2.47. The zero-order chi connectivity index (χ0) is 15.0. The van der Waals surface area contributed by atoms with Crippen LogP contribution < -0.4 is 5.32 Å². The number of imidazole rings is 1. The number of nitrogens with zero attached hydrogens (tertiary/aromatic N) is 3. The fourth-order valence-electron chi connectivity index (χ4n) is 2.12. The number of nitro groups is 1. The van der Waals surface area contributed by atoms with Crippen molar-refractivity contribution in [3.63, 3.8) is 0 Å². The lowest BCUT2D eigenvalue weighted by Crippen LogP contribution is -1.98. The smallest absolute Gasteiger partial charge is 0.358 e. The Morgan fingerprint density at radius 1 is 1.33 bits per heavy atom. The molecule has 0 fully saturated rings. The average molecular weight is 302 g/mol. The van der Waals surface area contributed by atoms with Gasteiger partial charge in [-0.15, -0.1) is 0 Å². The van der Waals surface area contributed by atoms with Gasteiger partial charge in [0.25, 0.3) is 4.96 Å². The number of benzene rings is 1. The minimum Gasteiger partial charge on any atom is -0.358 e.